The van der Waals surface area contributed by atoms with Gasteiger partial charge in [0.05, 0.1) is 11.3 Å². The van der Waals surface area contributed by atoms with Crippen LogP contribution < -0.4 is 4.90 Å². The number of ether oxygens (including phenoxy) is 1. The zero-order valence-corrected chi connectivity index (χ0v) is 27.4. The summed E-state index contributed by atoms with van der Waals surface area (Å²) in [5, 5.41) is 10.4. The summed E-state index contributed by atoms with van der Waals surface area (Å²) in [4.78, 5) is 21.9. The number of aliphatic carboxylic acids is 1. The van der Waals surface area contributed by atoms with E-state index < -0.39 is 35.1 Å². The minimum atomic E-state index is -1.19. The Balaban J connectivity index is 1.56. The number of halogens is 3. The Kier molecular flexibility index (Phi) is 9.08. The maximum Gasteiger partial charge on any atom is 0.337 e. The van der Waals surface area contributed by atoms with E-state index in [0.29, 0.717) is 30.8 Å². The van der Waals surface area contributed by atoms with Crippen LogP contribution in [-0.4, -0.2) is 46.2 Å². The molecule has 45 heavy (non-hydrogen) atoms. The molecule has 1 atom stereocenters. The third-order valence-electron chi connectivity index (χ3n) is 9.04. The number of nitrogens with zero attached hydrogens (tertiary/aromatic N) is 3. The first-order chi connectivity index (χ1) is 21.0. The molecule has 1 fully saturated rings. The summed E-state index contributed by atoms with van der Waals surface area (Å²) >= 11 is 0. The van der Waals surface area contributed by atoms with Crippen LogP contribution in [0.5, 0.6) is 0 Å². The molecule has 6 nitrogen and oxygen atoms in total. The molecule has 0 bridgehead atoms. The average Bonchev–Trinajstić information content (AvgIpc) is 2.93. The van der Waals surface area contributed by atoms with Crippen molar-refractivity contribution in [1.29, 1.82) is 0 Å². The molecule has 2 aliphatic heterocycles. The molecular weight excluding hydrogens is 579 g/mol. The van der Waals surface area contributed by atoms with Gasteiger partial charge >= 0.3 is 5.97 Å². The van der Waals surface area contributed by atoms with Gasteiger partial charge < -0.3 is 14.7 Å². The lowest BCUT2D eigenvalue weighted by molar-refractivity contribution is -0.160. The number of hydrogen-bond acceptors (Lipinski definition) is 5. The normalized spacial score (nSPS) is 17.7. The smallest absolute Gasteiger partial charge is 0.337 e. The molecule has 1 aromatic heterocycles. The number of rotatable bonds is 7. The Hall–Kier alpha value is -3.43. The summed E-state index contributed by atoms with van der Waals surface area (Å²) in [6.45, 7) is 16.6. The van der Waals surface area contributed by atoms with E-state index in [-0.39, 0.29) is 17.5 Å². The van der Waals surface area contributed by atoms with Crippen molar-refractivity contribution in [2.75, 3.05) is 24.5 Å². The molecule has 1 unspecified atom stereocenters. The quantitative estimate of drug-likeness (QED) is 0.289. The third-order valence-corrected chi connectivity index (χ3v) is 9.04. The number of piperidine rings is 1. The van der Waals surface area contributed by atoms with Gasteiger partial charge in [0, 0.05) is 72.9 Å². The predicted molar refractivity (Wildman–Crippen MR) is 170 cm³/mol. The van der Waals surface area contributed by atoms with E-state index >= 15 is 0 Å². The van der Waals surface area contributed by atoms with Crippen LogP contribution in [0.15, 0.2) is 30.3 Å². The Morgan fingerprint density at radius 1 is 1.00 bits per heavy atom. The molecule has 2 aromatic carbocycles. The predicted octanol–water partition coefficient (Wildman–Crippen LogP) is 7.91. The maximum atomic E-state index is 14.4. The Bertz CT molecular complexity index is 1580. The number of fused-ring (bicyclic) bond motifs is 1. The molecule has 0 saturated carbocycles. The van der Waals surface area contributed by atoms with Gasteiger partial charge in [-0.2, -0.15) is 0 Å². The van der Waals surface area contributed by atoms with Gasteiger partial charge in [-0.15, -0.1) is 0 Å². The van der Waals surface area contributed by atoms with Gasteiger partial charge in [-0.25, -0.2) is 18.0 Å². The van der Waals surface area contributed by atoms with E-state index in [4.69, 9.17) is 9.72 Å². The van der Waals surface area contributed by atoms with Gasteiger partial charge in [0.15, 0.2) is 6.10 Å². The first-order valence-corrected chi connectivity index (χ1v) is 15.7. The summed E-state index contributed by atoms with van der Waals surface area (Å²) in [6.07, 6.45) is 1.41. The lowest BCUT2D eigenvalue weighted by Crippen LogP contribution is -2.39. The number of benzene rings is 2. The van der Waals surface area contributed by atoms with E-state index in [1.54, 1.807) is 0 Å². The van der Waals surface area contributed by atoms with Crippen molar-refractivity contribution >= 4 is 11.7 Å². The topological polar surface area (TPSA) is 65.9 Å². The maximum absolute atomic E-state index is 14.4. The lowest BCUT2D eigenvalue weighted by Gasteiger charge is -2.41. The Morgan fingerprint density at radius 3 is 2.24 bits per heavy atom. The van der Waals surface area contributed by atoms with Crippen LogP contribution in [0.2, 0.25) is 0 Å². The molecule has 3 heterocycles. The second-order valence-corrected chi connectivity index (χ2v) is 14.3. The number of hydrogen-bond donors (Lipinski definition) is 1. The fraction of sp³-hybridized carbons (Fsp3) is 0.500. The van der Waals surface area contributed by atoms with Crippen LogP contribution >= 0.6 is 0 Å². The summed E-state index contributed by atoms with van der Waals surface area (Å²) in [5.74, 6) is -3.74. The molecule has 0 radical (unpaired) electrons. The standard InChI is InChI=1S/C36H44F3N3O3/c1-21-30(24-8-9-25-19-41(13-10-23(25)16-24)20-27-28(38)17-26(37)18-29(27)39)32(42-14-11-36(6,7)12-15-42)31(22(2)40-21)33(34(43)44)45-35(3,4)5/h8-9,16-18,33H,10-15,19-20H2,1-7H3,(H,43,44). The number of pyridine rings is 1. The van der Waals surface area contributed by atoms with Gasteiger partial charge in [0.1, 0.15) is 17.5 Å². The highest BCUT2D eigenvalue weighted by Crippen LogP contribution is 2.45. The molecule has 0 amide bonds. The first kappa shape index (κ1) is 32.9. The molecule has 242 valence electrons. The highest BCUT2D eigenvalue weighted by Gasteiger charge is 2.36. The van der Waals surface area contributed by atoms with Crippen molar-refractivity contribution < 1.29 is 27.8 Å². The number of carboxylic acids is 1. The van der Waals surface area contributed by atoms with Crippen LogP contribution in [-0.2, 0) is 29.0 Å². The molecule has 1 saturated heterocycles. The zero-order chi connectivity index (χ0) is 32.8. The van der Waals surface area contributed by atoms with Gasteiger partial charge in [-0.3, -0.25) is 9.88 Å². The monoisotopic (exact) mass is 623 g/mol. The number of aryl methyl sites for hydroxylation is 2. The van der Waals surface area contributed by atoms with E-state index in [1.165, 1.54) is 0 Å². The summed E-state index contributed by atoms with van der Waals surface area (Å²) in [6, 6.07) is 7.65. The minimum absolute atomic E-state index is 0.0449. The van der Waals surface area contributed by atoms with Crippen molar-refractivity contribution in [3.63, 3.8) is 0 Å². The van der Waals surface area contributed by atoms with Crippen molar-refractivity contribution in [2.45, 2.75) is 92.5 Å². The molecule has 2 aliphatic rings. The molecule has 1 N–H and O–H groups in total. The third kappa shape index (κ3) is 7.20. The largest absolute Gasteiger partial charge is 0.479 e. The molecule has 0 aliphatic carbocycles. The summed E-state index contributed by atoms with van der Waals surface area (Å²) in [7, 11) is 0. The van der Waals surface area contributed by atoms with Crippen LogP contribution in [0.3, 0.4) is 0 Å². The summed E-state index contributed by atoms with van der Waals surface area (Å²) < 4.78 is 48.4. The van der Waals surface area contributed by atoms with Crippen LogP contribution in [0.1, 0.15) is 87.2 Å². The van der Waals surface area contributed by atoms with Crippen LogP contribution in [0.25, 0.3) is 11.1 Å². The van der Waals surface area contributed by atoms with Crippen molar-refractivity contribution in [1.82, 2.24) is 9.88 Å². The first-order valence-electron chi connectivity index (χ1n) is 15.7. The SMILES string of the molecule is Cc1nc(C)c(C(OC(C)(C)C)C(=O)O)c(N2CCC(C)(C)CC2)c1-c1ccc2c(c1)CCN(Cc1c(F)cc(F)cc1F)C2. The van der Waals surface area contributed by atoms with E-state index in [9.17, 15) is 23.1 Å². The Labute approximate surface area is 264 Å². The van der Waals surface area contributed by atoms with Crippen LogP contribution in [0.4, 0.5) is 18.9 Å². The second kappa shape index (κ2) is 12.4. The van der Waals surface area contributed by atoms with Crippen LogP contribution in [0, 0.1) is 36.7 Å². The van der Waals surface area contributed by atoms with E-state index in [2.05, 4.69) is 24.8 Å². The lowest BCUT2D eigenvalue weighted by atomic mass is 9.81. The van der Waals surface area contributed by atoms with Gasteiger partial charge in [0.2, 0.25) is 0 Å². The fourth-order valence-electron chi connectivity index (χ4n) is 6.60. The second-order valence-electron chi connectivity index (χ2n) is 14.3. The minimum Gasteiger partial charge on any atom is -0.479 e. The van der Waals surface area contributed by atoms with Crippen molar-refractivity contribution in [3.8, 4) is 11.1 Å². The highest BCUT2D eigenvalue weighted by atomic mass is 19.1. The van der Waals surface area contributed by atoms with Gasteiger partial charge in [-0.1, -0.05) is 32.0 Å². The molecule has 3 aromatic rings. The average molecular weight is 624 g/mol. The number of carbonyl (C=O) groups is 1. The van der Waals surface area contributed by atoms with Gasteiger partial charge in [0.25, 0.3) is 0 Å². The number of anilines is 1. The Morgan fingerprint density at radius 2 is 1.64 bits per heavy atom. The molecule has 0 spiro atoms. The highest BCUT2D eigenvalue weighted by molar-refractivity contribution is 5.88. The molecule has 9 heteroatoms. The molecule has 5 rings (SSSR count). The molecular formula is C36H44F3N3O3. The van der Waals surface area contributed by atoms with E-state index in [1.807, 2.05) is 51.7 Å². The fourth-order valence-corrected chi connectivity index (χ4v) is 6.60. The van der Waals surface area contributed by atoms with Gasteiger partial charge in [-0.05, 0) is 76.0 Å². The van der Waals surface area contributed by atoms with Crippen molar-refractivity contribution in [2.24, 2.45) is 5.41 Å². The van der Waals surface area contributed by atoms with E-state index in [0.717, 1.165) is 71.7 Å². The number of carboxylic acid groups (broad SMARTS) is 1. The summed E-state index contributed by atoms with van der Waals surface area (Å²) in [5.41, 5.74) is 6.30. The number of aromatic nitrogens is 1. The van der Waals surface area contributed by atoms with Crippen molar-refractivity contribution in [3.05, 3.63) is 81.4 Å². The zero-order valence-electron chi connectivity index (χ0n) is 27.4.